The van der Waals surface area contributed by atoms with Crippen molar-refractivity contribution in [2.24, 2.45) is 0 Å². The van der Waals surface area contributed by atoms with Gasteiger partial charge in [0.25, 0.3) is 5.91 Å². The number of aliphatic hydroxyl groups excluding tert-OH is 1. The van der Waals surface area contributed by atoms with Crippen LogP contribution in [0.2, 0.25) is 0 Å². The molecule has 1 amide bonds. The number of nitrogens with zero attached hydrogens (tertiary/aromatic N) is 5. The van der Waals surface area contributed by atoms with Gasteiger partial charge in [-0.1, -0.05) is 6.07 Å². The summed E-state index contributed by atoms with van der Waals surface area (Å²) < 4.78 is 10.7. The third-order valence-electron chi connectivity index (χ3n) is 5.80. The lowest BCUT2D eigenvalue weighted by Gasteiger charge is -2.24. The van der Waals surface area contributed by atoms with Crippen LogP contribution in [0.5, 0.6) is 11.5 Å². The minimum Gasteiger partial charge on any atom is -0.493 e. The van der Waals surface area contributed by atoms with Crippen LogP contribution in [0.15, 0.2) is 42.9 Å². The van der Waals surface area contributed by atoms with Gasteiger partial charge in [-0.3, -0.25) is 4.79 Å². The maximum absolute atomic E-state index is 13.0. The third-order valence-corrected chi connectivity index (χ3v) is 5.80. The first kappa shape index (κ1) is 24.1. The van der Waals surface area contributed by atoms with Crippen LogP contribution >= 0.6 is 0 Å². The van der Waals surface area contributed by atoms with E-state index in [1.54, 1.807) is 32.7 Å². The molecule has 2 aromatic heterocycles. The fourth-order valence-electron chi connectivity index (χ4n) is 3.95. The number of amides is 1. The summed E-state index contributed by atoms with van der Waals surface area (Å²) in [5.74, 6) is 2.26. The summed E-state index contributed by atoms with van der Waals surface area (Å²) in [5.41, 5.74) is 1.21. The summed E-state index contributed by atoms with van der Waals surface area (Å²) in [7, 11) is 3.17. The van der Waals surface area contributed by atoms with Gasteiger partial charge >= 0.3 is 0 Å². The fraction of sp³-hybridized carbons (Fsp3) is 0.375. The molecule has 3 heterocycles. The molecule has 3 aromatic rings. The molecule has 1 aromatic carbocycles. The zero-order valence-corrected chi connectivity index (χ0v) is 19.8. The van der Waals surface area contributed by atoms with E-state index in [0.717, 1.165) is 24.9 Å². The average Bonchev–Trinajstić information content (AvgIpc) is 3.40. The van der Waals surface area contributed by atoms with E-state index < -0.39 is 0 Å². The molecule has 0 bridgehead atoms. The van der Waals surface area contributed by atoms with E-state index in [0.29, 0.717) is 41.2 Å². The first-order chi connectivity index (χ1) is 17.1. The maximum Gasteiger partial charge on any atom is 0.256 e. The van der Waals surface area contributed by atoms with Gasteiger partial charge < -0.3 is 30.1 Å². The Bertz CT molecular complexity index is 1150. The molecule has 1 atom stereocenters. The molecule has 35 heavy (non-hydrogen) atoms. The predicted molar refractivity (Wildman–Crippen MR) is 130 cm³/mol. The van der Waals surface area contributed by atoms with E-state index >= 15 is 0 Å². The van der Waals surface area contributed by atoms with Crippen LogP contribution < -0.4 is 25.0 Å². The molecular weight excluding hydrogens is 450 g/mol. The highest BCUT2D eigenvalue weighted by Gasteiger charge is 2.27. The van der Waals surface area contributed by atoms with Gasteiger partial charge in [0.05, 0.1) is 33.4 Å². The van der Waals surface area contributed by atoms with Gasteiger partial charge in [-0.25, -0.2) is 15.0 Å². The Morgan fingerprint density at radius 3 is 2.69 bits per heavy atom. The van der Waals surface area contributed by atoms with Crippen molar-refractivity contribution in [3.05, 3.63) is 59.8 Å². The number of hydrogen-bond acceptors (Lipinski definition) is 10. The quantitative estimate of drug-likeness (QED) is 0.395. The Balaban J connectivity index is 1.57. The zero-order valence-electron chi connectivity index (χ0n) is 19.8. The molecule has 3 N–H and O–H groups in total. The SMILES string of the molecule is COc1ccc(CNc2nc(N3CCC[C@H]3CO)ncc2C(=O)NCc2ncccn2)cc1OC. The average molecular weight is 480 g/mol. The fourth-order valence-corrected chi connectivity index (χ4v) is 3.95. The van der Waals surface area contributed by atoms with Crippen LogP contribution in [0.1, 0.15) is 34.6 Å². The summed E-state index contributed by atoms with van der Waals surface area (Å²) in [6, 6.07) is 7.27. The molecule has 11 heteroatoms. The molecule has 1 saturated heterocycles. The van der Waals surface area contributed by atoms with Gasteiger partial charge in [0, 0.05) is 31.7 Å². The minimum atomic E-state index is -0.348. The lowest BCUT2D eigenvalue weighted by Crippen LogP contribution is -2.34. The number of rotatable bonds is 10. The molecule has 0 radical (unpaired) electrons. The molecule has 0 spiro atoms. The molecule has 0 saturated carbocycles. The molecule has 1 fully saturated rings. The van der Waals surface area contributed by atoms with Crippen molar-refractivity contribution in [3.63, 3.8) is 0 Å². The number of carbonyl (C=O) groups excluding carboxylic acids is 1. The van der Waals surface area contributed by atoms with Crippen LogP contribution in [-0.2, 0) is 13.1 Å². The number of anilines is 2. The lowest BCUT2D eigenvalue weighted by molar-refractivity contribution is 0.0950. The number of aromatic nitrogens is 4. The number of nitrogens with one attached hydrogen (secondary N) is 2. The summed E-state index contributed by atoms with van der Waals surface area (Å²) in [6.07, 6.45) is 6.56. The number of hydrogen-bond donors (Lipinski definition) is 3. The van der Waals surface area contributed by atoms with Gasteiger partial charge in [0.1, 0.15) is 17.2 Å². The standard InChI is InChI=1S/C24H29N7O4/c1-34-19-7-6-16(11-20(19)35-2)12-27-22-18(23(33)28-14-21-25-8-4-9-26-21)13-29-24(30-22)31-10-3-5-17(31)15-32/h4,6-9,11,13,17,32H,3,5,10,12,14-15H2,1-2H3,(H,28,33)(H,27,29,30)/t17-/m0/s1. The van der Waals surface area contributed by atoms with E-state index in [4.69, 9.17) is 9.47 Å². The van der Waals surface area contributed by atoms with Crippen molar-refractivity contribution >= 4 is 17.7 Å². The van der Waals surface area contributed by atoms with Crippen LogP contribution in [0.25, 0.3) is 0 Å². The summed E-state index contributed by atoms with van der Waals surface area (Å²) >= 11 is 0. The molecule has 4 rings (SSSR count). The summed E-state index contributed by atoms with van der Waals surface area (Å²) in [4.78, 5) is 32.3. The van der Waals surface area contributed by atoms with E-state index in [9.17, 15) is 9.90 Å². The first-order valence-electron chi connectivity index (χ1n) is 11.4. The molecule has 0 unspecified atom stereocenters. The van der Waals surface area contributed by atoms with Gasteiger partial charge in [-0.15, -0.1) is 0 Å². The highest BCUT2D eigenvalue weighted by molar-refractivity contribution is 5.98. The zero-order chi connectivity index (χ0) is 24.6. The van der Waals surface area contributed by atoms with Gasteiger partial charge in [-0.2, -0.15) is 4.98 Å². The van der Waals surface area contributed by atoms with Gasteiger partial charge in [0.2, 0.25) is 5.95 Å². The van der Waals surface area contributed by atoms with Gasteiger partial charge in [-0.05, 0) is 36.6 Å². The Morgan fingerprint density at radius 2 is 1.94 bits per heavy atom. The Morgan fingerprint density at radius 1 is 1.14 bits per heavy atom. The number of methoxy groups -OCH3 is 2. The minimum absolute atomic E-state index is 0.0249. The van der Waals surface area contributed by atoms with Crippen molar-refractivity contribution < 1.29 is 19.4 Å². The van der Waals surface area contributed by atoms with E-state index in [-0.39, 0.29) is 25.1 Å². The highest BCUT2D eigenvalue weighted by atomic mass is 16.5. The molecule has 1 aliphatic heterocycles. The summed E-state index contributed by atoms with van der Waals surface area (Å²) in [5, 5.41) is 15.8. The molecule has 184 valence electrons. The van der Waals surface area contributed by atoms with Crippen LogP contribution in [0.4, 0.5) is 11.8 Å². The number of carbonyl (C=O) groups is 1. The second-order valence-corrected chi connectivity index (χ2v) is 7.99. The maximum atomic E-state index is 13.0. The van der Waals surface area contributed by atoms with Crippen molar-refractivity contribution in [2.75, 3.05) is 37.6 Å². The molecule has 1 aliphatic rings. The number of ether oxygens (including phenoxy) is 2. The largest absolute Gasteiger partial charge is 0.493 e. The van der Waals surface area contributed by atoms with Crippen molar-refractivity contribution in [3.8, 4) is 11.5 Å². The van der Waals surface area contributed by atoms with Crippen molar-refractivity contribution in [1.82, 2.24) is 25.3 Å². The molecule has 0 aliphatic carbocycles. The number of benzene rings is 1. The molecular formula is C24H29N7O4. The van der Waals surface area contributed by atoms with Crippen LogP contribution in [0.3, 0.4) is 0 Å². The predicted octanol–water partition coefficient (Wildman–Crippen LogP) is 1.79. The first-order valence-corrected chi connectivity index (χ1v) is 11.4. The van der Waals surface area contributed by atoms with Crippen LogP contribution in [-0.4, -0.2) is 64.4 Å². The monoisotopic (exact) mass is 479 g/mol. The second-order valence-electron chi connectivity index (χ2n) is 7.99. The normalized spacial score (nSPS) is 15.1. The summed E-state index contributed by atoms with van der Waals surface area (Å²) in [6.45, 7) is 1.34. The Hall–Kier alpha value is -3.99. The third kappa shape index (κ3) is 5.75. The topological polar surface area (TPSA) is 135 Å². The van der Waals surface area contributed by atoms with Gasteiger partial charge in [0.15, 0.2) is 11.5 Å². The van der Waals surface area contributed by atoms with E-state index in [2.05, 4.69) is 30.6 Å². The smallest absolute Gasteiger partial charge is 0.256 e. The Labute approximate surface area is 203 Å². The number of aliphatic hydroxyl groups is 1. The molecule has 11 nitrogen and oxygen atoms in total. The lowest BCUT2D eigenvalue weighted by atomic mass is 10.2. The van der Waals surface area contributed by atoms with Crippen molar-refractivity contribution in [2.45, 2.75) is 32.0 Å². The highest BCUT2D eigenvalue weighted by Crippen LogP contribution is 2.28. The van der Waals surface area contributed by atoms with Crippen molar-refractivity contribution in [1.29, 1.82) is 0 Å². The Kier molecular flexibility index (Phi) is 7.88. The second kappa shape index (κ2) is 11.4. The van der Waals surface area contributed by atoms with E-state index in [1.165, 1.54) is 6.20 Å². The van der Waals surface area contributed by atoms with E-state index in [1.807, 2.05) is 23.1 Å². The van der Waals surface area contributed by atoms with Crippen LogP contribution in [0, 0.1) is 0 Å².